The largest absolute Gasteiger partial charge is 0.467 e. The summed E-state index contributed by atoms with van der Waals surface area (Å²) in [6.07, 6.45) is 2.42. The minimum atomic E-state index is -0.177. The van der Waals surface area contributed by atoms with Crippen LogP contribution in [0.1, 0.15) is 16.9 Å². The van der Waals surface area contributed by atoms with Crippen molar-refractivity contribution in [3.05, 3.63) is 59.5 Å². The van der Waals surface area contributed by atoms with Gasteiger partial charge >= 0.3 is 6.03 Å². The Morgan fingerprint density at radius 3 is 2.84 bits per heavy atom. The molecule has 0 spiro atoms. The molecule has 4 heteroatoms. The molecular weight excluding hydrogens is 240 g/mol. The Morgan fingerprint density at radius 1 is 1.21 bits per heavy atom. The number of urea groups is 1. The number of rotatable bonds is 5. The summed E-state index contributed by atoms with van der Waals surface area (Å²) in [6.45, 7) is 3.09. The average Bonchev–Trinajstić information content (AvgIpc) is 2.89. The van der Waals surface area contributed by atoms with Gasteiger partial charge in [0.25, 0.3) is 0 Å². The van der Waals surface area contributed by atoms with Gasteiger partial charge in [-0.2, -0.15) is 0 Å². The van der Waals surface area contributed by atoms with Crippen LogP contribution in [0.15, 0.2) is 47.1 Å². The first-order valence-corrected chi connectivity index (χ1v) is 6.33. The molecule has 0 aliphatic heterocycles. The molecule has 0 radical (unpaired) electrons. The second kappa shape index (κ2) is 6.64. The van der Waals surface area contributed by atoms with E-state index in [-0.39, 0.29) is 6.03 Å². The van der Waals surface area contributed by atoms with Crippen molar-refractivity contribution in [3.63, 3.8) is 0 Å². The molecule has 19 heavy (non-hydrogen) atoms. The van der Waals surface area contributed by atoms with Crippen LogP contribution >= 0.6 is 0 Å². The van der Waals surface area contributed by atoms with E-state index in [1.165, 1.54) is 11.1 Å². The van der Waals surface area contributed by atoms with Gasteiger partial charge in [0.15, 0.2) is 0 Å². The molecule has 0 atom stereocenters. The van der Waals surface area contributed by atoms with E-state index in [9.17, 15) is 4.79 Å². The third-order valence-electron chi connectivity index (χ3n) is 2.78. The molecule has 0 bridgehead atoms. The molecule has 0 aliphatic carbocycles. The SMILES string of the molecule is Cc1cccc(CCNC(=O)NCc2ccco2)c1. The van der Waals surface area contributed by atoms with Gasteiger partial charge in [0.05, 0.1) is 12.8 Å². The van der Waals surface area contributed by atoms with Crippen molar-refractivity contribution in [3.8, 4) is 0 Å². The minimum absolute atomic E-state index is 0.177. The standard InChI is InChI=1S/C15H18N2O2/c1-12-4-2-5-13(10-12)7-8-16-15(18)17-11-14-6-3-9-19-14/h2-6,9-10H,7-8,11H2,1H3,(H2,16,17,18). The van der Waals surface area contributed by atoms with Gasteiger partial charge in [-0.05, 0) is 31.0 Å². The molecule has 4 nitrogen and oxygen atoms in total. The molecule has 100 valence electrons. The van der Waals surface area contributed by atoms with Crippen molar-refractivity contribution < 1.29 is 9.21 Å². The summed E-state index contributed by atoms with van der Waals surface area (Å²) in [4.78, 5) is 11.5. The quantitative estimate of drug-likeness (QED) is 0.866. The van der Waals surface area contributed by atoms with Crippen LogP contribution < -0.4 is 10.6 Å². The molecule has 1 aromatic heterocycles. The number of nitrogens with one attached hydrogen (secondary N) is 2. The van der Waals surface area contributed by atoms with E-state index in [4.69, 9.17) is 4.42 Å². The van der Waals surface area contributed by atoms with E-state index in [0.29, 0.717) is 13.1 Å². The summed E-state index contributed by atoms with van der Waals surface area (Å²) in [5, 5.41) is 5.56. The number of hydrogen-bond donors (Lipinski definition) is 2. The summed E-state index contributed by atoms with van der Waals surface area (Å²) in [5.41, 5.74) is 2.46. The highest BCUT2D eigenvalue weighted by molar-refractivity contribution is 5.73. The first-order valence-electron chi connectivity index (χ1n) is 6.33. The highest BCUT2D eigenvalue weighted by Crippen LogP contribution is 2.03. The lowest BCUT2D eigenvalue weighted by atomic mass is 10.1. The molecule has 2 amide bonds. The number of furan rings is 1. The summed E-state index contributed by atoms with van der Waals surface area (Å²) < 4.78 is 5.13. The van der Waals surface area contributed by atoms with E-state index in [0.717, 1.165) is 12.2 Å². The molecule has 2 aromatic rings. The lowest BCUT2D eigenvalue weighted by molar-refractivity contribution is 0.239. The third-order valence-corrected chi connectivity index (χ3v) is 2.78. The van der Waals surface area contributed by atoms with Crippen LogP contribution in [-0.4, -0.2) is 12.6 Å². The van der Waals surface area contributed by atoms with Gasteiger partial charge in [-0.25, -0.2) is 4.79 Å². The molecule has 1 aromatic carbocycles. The molecule has 0 saturated carbocycles. The molecule has 1 heterocycles. The van der Waals surface area contributed by atoms with E-state index in [1.54, 1.807) is 12.3 Å². The van der Waals surface area contributed by atoms with Crippen molar-refractivity contribution in [2.45, 2.75) is 19.9 Å². The topological polar surface area (TPSA) is 54.3 Å². The first kappa shape index (κ1) is 13.2. The fourth-order valence-electron chi connectivity index (χ4n) is 1.83. The molecule has 0 fully saturated rings. The predicted octanol–water partition coefficient (Wildman–Crippen LogP) is 2.63. The fourth-order valence-corrected chi connectivity index (χ4v) is 1.83. The number of carbonyl (C=O) groups is 1. The lowest BCUT2D eigenvalue weighted by Crippen LogP contribution is -2.36. The van der Waals surface area contributed by atoms with Gasteiger partial charge in [-0.1, -0.05) is 29.8 Å². The molecule has 0 saturated heterocycles. The van der Waals surface area contributed by atoms with Crippen molar-refractivity contribution in [2.24, 2.45) is 0 Å². The lowest BCUT2D eigenvalue weighted by Gasteiger charge is -2.07. The Labute approximate surface area is 112 Å². The normalized spacial score (nSPS) is 10.2. The van der Waals surface area contributed by atoms with Crippen molar-refractivity contribution in [1.29, 1.82) is 0 Å². The number of amides is 2. The van der Waals surface area contributed by atoms with Crippen LogP contribution in [0.5, 0.6) is 0 Å². The van der Waals surface area contributed by atoms with Gasteiger partial charge in [-0.3, -0.25) is 0 Å². The Bertz CT molecular complexity index is 521. The average molecular weight is 258 g/mol. The Morgan fingerprint density at radius 2 is 2.11 bits per heavy atom. The minimum Gasteiger partial charge on any atom is -0.467 e. The number of benzene rings is 1. The van der Waals surface area contributed by atoms with Gasteiger partial charge in [0.2, 0.25) is 0 Å². The maximum atomic E-state index is 11.5. The summed E-state index contributed by atoms with van der Waals surface area (Å²) in [6, 6.07) is 11.7. The fraction of sp³-hybridized carbons (Fsp3) is 0.267. The monoisotopic (exact) mass is 258 g/mol. The van der Waals surface area contributed by atoms with Gasteiger partial charge in [0, 0.05) is 6.54 Å². The second-order valence-electron chi connectivity index (χ2n) is 4.43. The predicted molar refractivity (Wildman–Crippen MR) is 73.8 cm³/mol. The van der Waals surface area contributed by atoms with Crippen LogP contribution in [0.2, 0.25) is 0 Å². The van der Waals surface area contributed by atoms with Crippen molar-refractivity contribution in [1.82, 2.24) is 10.6 Å². The Kier molecular flexibility index (Phi) is 4.61. The van der Waals surface area contributed by atoms with E-state index in [2.05, 4.69) is 35.8 Å². The Balaban J connectivity index is 1.66. The first-order chi connectivity index (χ1) is 9.24. The number of hydrogen-bond acceptors (Lipinski definition) is 2. The third kappa shape index (κ3) is 4.50. The molecule has 0 aliphatic rings. The van der Waals surface area contributed by atoms with Gasteiger partial charge < -0.3 is 15.1 Å². The van der Waals surface area contributed by atoms with Crippen LogP contribution in [0.3, 0.4) is 0 Å². The van der Waals surface area contributed by atoms with Crippen LogP contribution in [0.4, 0.5) is 4.79 Å². The number of carbonyl (C=O) groups excluding carboxylic acids is 1. The maximum absolute atomic E-state index is 11.5. The zero-order chi connectivity index (χ0) is 13.5. The van der Waals surface area contributed by atoms with E-state index >= 15 is 0 Å². The Hall–Kier alpha value is -2.23. The maximum Gasteiger partial charge on any atom is 0.315 e. The van der Waals surface area contributed by atoms with Gasteiger partial charge in [0.1, 0.15) is 5.76 Å². The van der Waals surface area contributed by atoms with Crippen LogP contribution in [0, 0.1) is 6.92 Å². The van der Waals surface area contributed by atoms with Crippen LogP contribution in [-0.2, 0) is 13.0 Å². The van der Waals surface area contributed by atoms with E-state index in [1.807, 2.05) is 12.1 Å². The van der Waals surface area contributed by atoms with E-state index < -0.39 is 0 Å². The van der Waals surface area contributed by atoms with Crippen molar-refractivity contribution >= 4 is 6.03 Å². The van der Waals surface area contributed by atoms with Crippen LogP contribution in [0.25, 0.3) is 0 Å². The summed E-state index contributed by atoms with van der Waals surface area (Å²) in [5.74, 6) is 0.744. The van der Waals surface area contributed by atoms with Crippen molar-refractivity contribution in [2.75, 3.05) is 6.54 Å². The molecule has 2 rings (SSSR count). The smallest absolute Gasteiger partial charge is 0.315 e. The molecule has 0 unspecified atom stereocenters. The second-order valence-corrected chi connectivity index (χ2v) is 4.43. The van der Waals surface area contributed by atoms with Gasteiger partial charge in [-0.15, -0.1) is 0 Å². The summed E-state index contributed by atoms with van der Waals surface area (Å²) >= 11 is 0. The number of aryl methyl sites for hydroxylation is 1. The zero-order valence-electron chi connectivity index (χ0n) is 11.0. The summed E-state index contributed by atoms with van der Waals surface area (Å²) in [7, 11) is 0. The zero-order valence-corrected chi connectivity index (χ0v) is 11.0. The molecular formula is C15H18N2O2. The highest BCUT2D eigenvalue weighted by Gasteiger charge is 2.01. The highest BCUT2D eigenvalue weighted by atomic mass is 16.3. The molecule has 2 N–H and O–H groups in total.